The monoisotopic (exact) mass is 479 g/mol. The van der Waals surface area contributed by atoms with Crippen LogP contribution in [0.5, 0.6) is 0 Å². The van der Waals surface area contributed by atoms with Gasteiger partial charge in [0.25, 0.3) is 0 Å². The molecule has 2 aromatic rings. The number of hydrogen-bond donors (Lipinski definition) is 0. The average Bonchev–Trinajstić information content (AvgIpc) is 3.43. The van der Waals surface area contributed by atoms with E-state index < -0.39 is 22.0 Å². The van der Waals surface area contributed by atoms with Crippen molar-refractivity contribution in [3.05, 3.63) is 40.9 Å². The molecule has 0 radical (unpaired) electrons. The number of esters is 1. The summed E-state index contributed by atoms with van der Waals surface area (Å²) in [7, 11) is -3.46. The number of hydrogen-bond acceptors (Lipinski definition) is 7. The number of aromatic nitrogens is 1. The van der Waals surface area contributed by atoms with Crippen LogP contribution in [0.25, 0.3) is 0 Å². The number of amides is 1. The maximum absolute atomic E-state index is 12.6. The molecular weight excluding hydrogens is 450 g/mol. The summed E-state index contributed by atoms with van der Waals surface area (Å²) in [5.41, 5.74) is 2.40. The van der Waals surface area contributed by atoms with Crippen molar-refractivity contribution in [3.63, 3.8) is 0 Å². The molecular formula is C22H29N3O5S2. The minimum Gasteiger partial charge on any atom is -0.458 e. The minimum absolute atomic E-state index is 0.0202. The molecule has 0 aliphatic carbocycles. The summed E-state index contributed by atoms with van der Waals surface area (Å²) < 4.78 is 31.5. The van der Waals surface area contributed by atoms with Crippen molar-refractivity contribution in [2.24, 2.45) is 0 Å². The van der Waals surface area contributed by atoms with Crippen molar-refractivity contribution < 1.29 is 22.7 Å². The van der Waals surface area contributed by atoms with E-state index in [9.17, 15) is 18.0 Å². The highest BCUT2D eigenvalue weighted by atomic mass is 32.2. The largest absolute Gasteiger partial charge is 0.458 e. The van der Waals surface area contributed by atoms with Gasteiger partial charge in [0.05, 0.1) is 17.1 Å². The van der Waals surface area contributed by atoms with Gasteiger partial charge < -0.3 is 4.74 Å². The third-order valence-electron chi connectivity index (χ3n) is 5.31. The van der Waals surface area contributed by atoms with Gasteiger partial charge in [-0.25, -0.2) is 13.4 Å². The lowest BCUT2D eigenvalue weighted by Crippen LogP contribution is -2.42. The first-order chi connectivity index (χ1) is 15.3. The zero-order chi connectivity index (χ0) is 23.3. The molecule has 32 heavy (non-hydrogen) atoms. The van der Waals surface area contributed by atoms with E-state index in [1.54, 1.807) is 12.3 Å². The first kappa shape index (κ1) is 24.3. The molecule has 1 aromatic heterocycles. The van der Waals surface area contributed by atoms with E-state index in [0.29, 0.717) is 36.6 Å². The highest BCUT2D eigenvalue weighted by molar-refractivity contribution is 7.89. The van der Waals surface area contributed by atoms with Crippen LogP contribution in [0.3, 0.4) is 0 Å². The van der Waals surface area contributed by atoms with Crippen molar-refractivity contribution in [1.82, 2.24) is 9.29 Å². The lowest BCUT2D eigenvalue weighted by Gasteiger charge is -2.22. The maximum Gasteiger partial charge on any atom is 0.324 e. The van der Waals surface area contributed by atoms with Gasteiger partial charge in [0.1, 0.15) is 12.6 Å². The Bertz CT molecular complexity index is 1050. The van der Waals surface area contributed by atoms with E-state index in [1.165, 1.54) is 33.0 Å². The second-order valence-corrected chi connectivity index (χ2v) is 10.6. The molecule has 3 rings (SSSR count). The smallest absolute Gasteiger partial charge is 0.324 e. The number of aryl methyl sites for hydroxylation is 1. The Morgan fingerprint density at radius 2 is 1.97 bits per heavy atom. The Kier molecular flexibility index (Phi) is 8.02. The first-order valence-corrected chi connectivity index (χ1v) is 13.3. The zero-order valence-electron chi connectivity index (χ0n) is 18.6. The van der Waals surface area contributed by atoms with Crippen molar-refractivity contribution in [1.29, 1.82) is 0 Å². The number of nitrogens with zero attached hydrogens (tertiary/aromatic N) is 3. The normalized spacial score (nSPS) is 16.8. The Morgan fingerprint density at radius 1 is 1.25 bits per heavy atom. The van der Waals surface area contributed by atoms with Crippen LogP contribution >= 0.6 is 11.3 Å². The van der Waals surface area contributed by atoms with E-state index in [2.05, 4.69) is 11.9 Å². The van der Waals surface area contributed by atoms with Gasteiger partial charge in [-0.2, -0.15) is 4.31 Å². The second kappa shape index (κ2) is 10.5. The SMILES string of the molecule is CCCS(=O)(=O)N1CCCC1C(=O)OCc1csc(N(C(C)=O)c2ccc(CC)cc2)n1. The zero-order valence-corrected chi connectivity index (χ0v) is 20.2. The van der Waals surface area contributed by atoms with Crippen LogP contribution in [0.4, 0.5) is 10.8 Å². The van der Waals surface area contributed by atoms with Crippen LogP contribution in [0, 0.1) is 0 Å². The number of rotatable bonds is 9. The summed E-state index contributed by atoms with van der Waals surface area (Å²) in [5, 5.41) is 2.22. The van der Waals surface area contributed by atoms with Gasteiger partial charge in [0, 0.05) is 18.8 Å². The molecule has 1 amide bonds. The van der Waals surface area contributed by atoms with Gasteiger partial charge in [-0.3, -0.25) is 14.5 Å². The van der Waals surface area contributed by atoms with Gasteiger partial charge in [-0.1, -0.05) is 26.0 Å². The summed E-state index contributed by atoms with van der Waals surface area (Å²) >= 11 is 1.28. The Hall–Kier alpha value is -2.30. The second-order valence-electron chi connectivity index (χ2n) is 7.69. The van der Waals surface area contributed by atoms with Crippen LogP contribution in [-0.2, 0) is 37.4 Å². The van der Waals surface area contributed by atoms with E-state index >= 15 is 0 Å². The number of ether oxygens (including phenoxy) is 1. The quantitative estimate of drug-likeness (QED) is 0.510. The molecule has 2 heterocycles. The van der Waals surface area contributed by atoms with Gasteiger partial charge >= 0.3 is 5.97 Å². The predicted molar refractivity (Wildman–Crippen MR) is 124 cm³/mol. The number of benzene rings is 1. The number of anilines is 2. The van der Waals surface area contributed by atoms with Gasteiger partial charge in [-0.05, 0) is 43.4 Å². The summed E-state index contributed by atoms with van der Waals surface area (Å²) in [5.74, 6) is -0.711. The van der Waals surface area contributed by atoms with E-state index in [4.69, 9.17) is 4.74 Å². The molecule has 0 spiro atoms. The molecule has 1 aliphatic rings. The van der Waals surface area contributed by atoms with Crippen molar-refractivity contribution in [2.75, 3.05) is 17.2 Å². The third-order valence-corrected chi connectivity index (χ3v) is 8.26. The lowest BCUT2D eigenvalue weighted by molar-refractivity contribution is -0.148. The molecule has 8 nitrogen and oxygen atoms in total. The number of sulfonamides is 1. The molecule has 10 heteroatoms. The highest BCUT2D eigenvalue weighted by Gasteiger charge is 2.39. The molecule has 1 fully saturated rings. The molecule has 1 atom stereocenters. The van der Waals surface area contributed by atoms with Gasteiger partial charge in [0.2, 0.25) is 15.9 Å². The first-order valence-electron chi connectivity index (χ1n) is 10.8. The standard InChI is InChI=1S/C22H29N3O5S2/c1-4-13-32(28,29)24-12-6-7-20(24)21(27)30-14-18-15-31-22(23-18)25(16(3)26)19-10-8-17(5-2)9-11-19/h8-11,15,20H,4-7,12-14H2,1-3H3. The molecule has 1 unspecified atom stereocenters. The average molecular weight is 480 g/mol. The Morgan fingerprint density at radius 3 is 2.59 bits per heavy atom. The summed E-state index contributed by atoms with van der Waals surface area (Å²) in [6.07, 6.45) is 2.49. The Labute approximate surface area is 193 Å². The van der Waals surface area contributed by atoms with E-state index in [0.717, 1.165) is 12.1 Å². The fourth-order valence-electron chi connectivity index (χ4n) is 3.70. The lowest BCUT2D eigenvalue weighted by atomic mass is 10.1. The molecule has 174 valence electrons. The predicted octanol–water partition coefficient (Wildman–Crippen LogP) is 3.64. The fourth-order valence-corrected chi connectivity index (χ4v) is 6.31. The van der Waals surface area contributed by atoms with Crippen LogP contribution in [0.15, 0.2) is 29.6 Å². The van der Waals surface area contributed by atoms with Crippen LogP contribution < -0.4 is 4.90 Å². The van der Waals surface area contributed by atoms with E-state index in [-0.39, 0.29) is 18.3 Å². The van der Waals surface area contributed by atoms with Crippen LogP contribution in [0.1, 0.15) is 51.3 Å². The summed E-state index contributed by atoms with van der Waals surface area (Å²) in [6, 6.07) is 6.93. The molecule has 0 saturated carbocycles. The van der Waals surface area contributed by atoms with Gasteiger partial charge in [-0.15, -0.1) is 11.3 Å². The van der Waals surface area contributed by atoms with Crippen molar-refractivity contribution in [3.8, 4) is 0 Å². The minimum atomic E-state index is -3.46. The third kappa shape index (κ3) is 5.54. The summed E-state index contributed by atoms with van der Waals surface area (Å²) in [4.78, 5) is 30.9. The number of carbonyl (C=O) groups excluding carboxylic acids is 2. The molecule has 1 aliphatic heterocycles. The topological polar surface area (TPSA) is 96.9 Å². The van der Waals surface area contributed by atoms with Gasteiger partial charge in [0.15, 0.2) is 5.13 Å². The Balaban J connectivity index is 1.67. The van der Waals surface area contributed by atoms with E-state index in [1.807, 2.05) is 24.3 Å². The molecule has 1 saturated heterocycles. The van der Waals surface area contributed by atoms with Crippen LogP contribution in [0.2, 0.25) is 0 Å². The molecule has 1 aromatic carbocycles. The number of carbonyl (C=O) groups is 2. The van der Waals surface area contributed by atoms with Crippen molar-refractivity contribution in [2.45, 2.75) is 59.1 Å². The molecule has 0 bridgehead atoms. The molecule has 0 N–H and O–H groups in total. The summed E-state index contributed by atoms with van der Waals surface area (Å²) in [6.45, 7) is 5.60. The number of thiazole rings is 1. The maximum atomic E-state index is 12.6. The fraction of sp³-hybridized carbons (Fsp3) is 0.500. The highest BCUT2D eigenvalue weighted by Crippen LogP contribution is 2.30. The van der Waals surface area contributed by atoms with Crippen molar-refractivity contribution >= 4 is 44.1 Å². The van der Waals surface area contributed by atoms with Crippen LogP contribution in [-0.4, -0.2) is 47.9 Å².